The summed E-state index contributed by atoms with van der Waals surface area (Å²) < 4.78 is 31.5. The van der Waals surface area contributed by atoms with E-state index in [1.54, 1.807) is 0 Å². The summed E-state index contributed by atoms with van der Waals surface area (Å²) in [6, 6.07) is 0. The monoisotopic (exact) mass is 233 g/mol. The van der Waals surface area contributed by atoms with Crippen LogP contribution in [0.15, 0.2) is 12.4 Å². The third-order valence-corrected chi connectivity index (χ3v) is 0. The fourth-order valence-electron chi connectivity index (χ4n) is 0. The molecule has 0 nitrogen and oxygen atoms in total. The minimum absolute atomic E-state index is 0. The van der Waals surface area contributed by atoms with Crippen LogP contribution < -0.4 is 0 Å². The molecule has 12 heavy (non-hydrogen) atoms. The fraction of sp³-hybridized carbons (Fsp3) is 0.500. The van der Waals surface area contributed by atoms with E-state index in [9.17, 15) is 13.2 Å². The first-order valence-electron chi connectivity index (χ1n) is 2.06. The Morgan fingerprint density at radius 1 is 1.25 bits per heavy atom. The summed E-state index contributed by atoms with van der Waals surface area (Å²) in [5.41, 5.74) is 0. The molecule has 6 heteroatoms. The highest BCUT2D eigenvalue weighted by atomic mass is 35.5. The Morgan fingerprint density at radius 3 is 1.25 bits per heavy atom. The van der Waals surface area contributed by atoms with Gasteiger partial charge in [0.2, 0.25) is 6.43 Å². The summed E-state index contributed by atoms with van der Waals surface area (Å²) in [6.45, 7) is 5.03. The molecule has 0 bridgehead atoms. The smallest absolute Gasteiger partial charge is 0.235 e. The van der Waals surface area contributed by atoms with E-state index in [0.29, 0.717) is 0 Å². The Hall–Kier alpha value is -0.0900. The SMILES string of the molecule is C=C(C)F.CC(F)F.Cl.Cl.F.[CH3+]. The maximum atomic E-state index is 10.8. The van der Waals surface area contributed by atoms with Crippen molar-refractivity contribution in [3.05, 3.63) is 19.8 Å². The van der Waals surface area contributed by atoms with Crippen LogP contribution in [-0.2, 0) is 0 Å². The van der Waals surface area contributed by atoms with Crippen molar-refractivity contribution < 1.29 is 17.9 Å². The first kappa shape index (κ1) is 40.6. The third kappa shape index (κ3) is 97100. The van der Waals surface area contributed by atoms with E-state index in [4.69, 9.17) is 0 Å². The first-order chi connectivity index (χ1) is 3.46. The van der Waals surface area contributed by atoms with Crippen LogP contribution in [0.4, 0.5) is 17.9 Å². The number of hydrogen-bond acceptors (Lipinski definition) is 0. The molecule has 0 unspecified atom stereocenters. The van der Waals surface area contributed by atoms with Gasteiger partial charge in [-0.15, -0.1) is 24.8 Å². The lowest BCUT2D eigenvalue weighted by Crippen LogP contribution is -1.69. The van der Waals surface area contributed by atoms with Crippen LogP contribution in [0.5, 0.6) is 0 Å². The largest absolute Gasteiger partial charge is 0.269 e. The van der Waals surface area contributed by atoms with Crippen LogP contribution in [0.3, 0.4) is 0 Å². The Balaban J connectivity index is -0.0000000112. The maximum absolute atomic E-state index is 10.8. The van der Waals surface area contributed by atoms with Crippen molar-refractivity contribution in [1.82, 2.24) is 0 Å². The van der Waals surface area contributed by atoms with Crippen molar-refractivity contribution in [2.75, 3.05) is 0 Å². The molecule has 0 saturated heterocycles. The van der Waals surface area contributed by atoms with Crippen molar-refractivity contribution >= 4 is 24.8 Å². The third-order valence-electron chi connectivity index (χ3n) is 0. The highest BCUT2D eigenvalue weighted by molar-refractivity contribution is 5.85. The lowest BCUT2D eigenvalue weighted by Gasteiger charge is -1.70. The molecule has 0 atom stereocenters. The van der Waals surface area contributed by atoms with Crippen molar-refractivity contribution in [3.63, 3.8) is 0 Å². The minimum atomic E-state index is -2.17. The van der Waals surface area contributed by atoms with Crippen LogP contribution in [0, 0.1) is 7.43 Å². The van der Waals surface area contributed by atoms with Gasteiger partial charge in [0.15, 0.2) is 0 Å². The second-order valence-corrected chi connectivity index (χ2v) is 1.20. The van der Waals surface area contributed by atoms with E-state index in [0.717, 1.165) is 6.92 Å². The van der Waals surface area contributed by atoms with Gasteiger partial charge in [0.25, 0.3) is 0 Å². The Kier molecular flexibility index (Phi) is 104. The molecule has 80 valence electrons. The second kappa shape index (κ2) is 30.7. The molecule has 0 spiro atoms. The molecule has 0 fully saturated rings. The Labute approximate surface area is 83.4 Å². The van der Waals surface area contributed by atoms with Crippen LogP contribution in [0.25, 0.3) is 0 Å². The quantitative estimate of drug-likeness (QED) is 0.435. The Morgan fingerprint density at radius 2 is 1.25 bits per heavy atom. The Bertz CT molecular complexity index is 61.8. The van der Waals surface area contributed by atoms with Gasteiger partial charge in [-0.3, -0.25) is 4.70 Å². The molecule has 0 heterocycles. The zero-order valence-electron chi connectivity index (χ0n) is 7.14. The summed E-state index contributed by atoms with van der Waals surface area (Å²) in [5.74, 6) is -0.333. The molecule has 0 saturated carbocycles. The molecular weight excluding hydrogens is 219 g/mol. The molecule has 0 aliphatic heterocycles. The average Bonchev–Trinajstić information content (AvgIpc) is 1.25. The summed E-state index contributed by atoms with van der Waals surface area (Å²) >= 11 is 0. The van der Waals surface area contributed by atoms with Gasteiger partial charge in [-0.1, -0.05) is 6.58 Å². The molecule has 0 aromatic rings. The van der Waals surface area contributed by atoms with Gasteiger partial charge >= 0.3 is 0 Å². The van der Waals surface area contributed by atoms with E-state index < -0.39 is 6.43 Å². The average molecular weight is 234 g/mol. The van der Waals surface area contributed by atoms with Gasteiger partial charge in [-0.2, -0.15) is 0 Å². The minimum Gasteiger partial charge on any atom is -0.269 e. The molecule has 0 N–H and O–H groups in total. The fourth-order valence-corrected chi connectivity index (χ4v) is 0. The highest BCUT2D eigenvalue weighted by Crippen LogP contribution is 1.82. The normalized spacial score (nSPS) is 5.17. The van der Waals surface area contributed by atoms with Gasteiger partial charge in [0.05, 0.1) is 5.83 Å². The van der Waals surface area contributed by atoms with Crippen LogP contribution >= 0.6 is 24.8 Å². The predicted molar refractivity (Wildman–Crippen MR) is 51.0 cm³/mol. The van der Waals surface area contributed by atoms with Gasteiger partial charge in [0.1, 0.15) is 0 Å². The number of halogens is 6. The van der Waals surface area contributed by atoms with Gasteiger partial charge in [0, 0.05) is 7.43 Å². The van der Waals surface area contributed by atoms with E-state index in [1.807, 2.05) is 0 Å². The summed E-state index contributed by atoms with van der Waals surface area (Å²) in [6.07, 6.45) is -2.17. The standard InChI is InChI=1S/C3H5F.C2H4F2.CH3.2ClH.FH/c1-3(2)4;1-2(3)4;;;;/h1H2,2H3;2H,1H3;1H3;3*1H/q;;+1;;;. The van der Waals surface area contributed by atoms with E-state index in [2.05, 4.69) is 6.58 Å². The molecular formula is C6H15Cl2F4+. The highest BCUT2D eigenvalue weighted by Gasteiger charge is 1.79. The number of allylic oxidation sites excluding steroid dienone is 1. The van der Waals surface area contributed by atoms with Crippen LogP contribution in [-0.4, -0.2) is 6.43 Å². The number of hydrogen-bond donors (Lipinski definition) is 0. The summed E-state index contributed by atoms with van der Waals surface area (Å²) in [4.78, 5) is 0. The van der Waals surface area contributed by atoms with Crippen molar-refractivity contribution in [1.29, 1.82) is 0 Å². The van der Waals surface area contributed by atoms with Gasteiger partial charge < -0.3 is 0 Å². The zero-order chi connectivity index (χ0) is 7.15. The second-order valence-electron chi connectivity index (χ2n) is 1.20. The lowest BCUT2D eigenvalue weighted by molar-refractivity contribution is 0.171. The van der Waals surface area contributed by atoms with E-state index >= 15 is 0 Å². The van der Waals surface area contributed by atoms with Crippen molar-refractivity contribution in [2.24, 2.45) is 0 Å². The number of rotatable bonds is 0. The van der Waals surface area contributed by atoms with Crippen molar-refractivity contribution in [2.45, 2.75) is 20.3 Å². The van der Waals surface area contributed by atoms with Gasteiger partial charge in [-0.05, 0) is 13.8 Å². The van der Waals surface area contributed by atoms with E-state index in [-0.39, 0.29) is 42.8 Å². The van der Waals surface area contributed by atoms with Gasteiger partial charge in [-0.25, -0.2) is 13.2 Å². The maximum Gasteiger partial charge on any atom is 0.235 e. The van der Waals surface area contributed by atoms with Crippen LogP contribution in [0.1, 0.15) is 13.8 Å². The molecule has 0 aromatic heterocycles. The molecule has 0 rings (SSSR count). The molecule has 0 aromatic carbocycles. The topological polar surface area (TPSA) is 0 Å². The molecule has 0 aliphatic rings. The first-order valence-corrected chi connectivity index (χ1v) is 2.06. The van der Waals surface area contributed by atoms with E-state index in [1.165, 1.54) is 6.92 Å². The zero-order valence-corrected chi connectivity index (χ0v) is 8.78. The van der Waals surface area contributed by atoms with Crippen molar-refractivity contribution in [3.8, 4) is 0 Å². The molecule has 0 radical (unpaired) electrons. The lowest BCUT2D eigenvalue weighted by atomic mass is 10.7. The predicted octanol–water partition coefficient (Wildman–Crippen LogP) is 4.21. The summed E-state index contributed by atoms with van der Waals surface area (Å²) in [5, 5.41) is 0. The molecule has 0 aliphatic carbocycles. The van der Waals surface area contributed by atoms with Crippen LogP contribution in [0.2, 0.25) is 0 Å². The molecule has 0 amide bonds. The summed E-state index contributed by atoms with van der Waals surface area (Å²) in [7, 11) is 0. The number of alkyl halides is 2.